The summed E-state index contributed by atoms with van der Waals surface area (Å²) in [4.78, 5) is 23.8. The first-order valence-corrected chi connectivity index (χ1v) is 6.63. The van der Waals surface area contributed by atoms with E-state index in [4.69, 9.17) is 5.11 Å². The standard InChI is InChI=1S/C14H9N3O2S/c18-14(19)9-5-6-15-12(7-9)20-13-8-16-10-3-1-2-4-11(10)17-13/h1-8H,(H,18,19). The van der Waals surface area contributed by atoms with Crippen LogP contribution in [0.25, 0.3) is 11.0 Å². The van der Waals surface area contributed by atoms with Gasteiger partial charge in [0.25, 0.3) is 0 Å². The Hall–Kier alpha value is -2.47. The minimum absolute atomic E-state index is 0.205. The van der Waals surface area contributed by atoms with E-state index in [1.54, 1.807) is 6.20 Å². The van der Waals surface area contributed by atoms with Crippen molar-refractivity contribution in [2.75, 3.05) is 0 Å². The molecule has 0 radical (unpaired) electrons. The molecule has 0 fully saturated rings. The zero-order chi connectivity index (χ0) is 13.9. The Kier molecular flexibility index (Phi) is 3.30. The first-order valence-electron chi connectivity index (χ1n) is 5.81. The second kappa shape index (κ2) is 5.26. The molecule has 0 saturated carbocycles. The summed E-state index contributed by atoms with van der Waals surface area (Å²) in [6.07, 6.45) is 3.13. The second-order valence-corrected chi connectivity index (χ2v) is 5.03. The summed E-state index contributed by atoms with van der Waals surface area (Å²) in [7, 11) is 0. The molecule has 0 amide bonds. The highest BCUT2D eigenvalue weighted by Crippen LogP contribution is 2.25. The molecular weight excluding hydrogens is 274 g/mol. The third kappa shape index (κ3) is 2.60. The Bertz CT molecular complexity index is 792. The summed E-state index contributed by atoms with van der Waals surface area (Å²) in [5, 5.41) is 10.2. The molecule has 0 spiro atoms. The molecule has 1 aromatic carbocycles. The lowest BCUT2D eigenvalue weighted by Crippen LogP contribution is -1.96. The molecule has 0 aliphatic heterocycles. The number of aromatic nitrogens is 3. The number of fused-ring (bicyclic) bond motifs is 1. The van der Waals surface area contributed by atoms with Gasteiger partial charge in [0.2, 0.25) is 0 Å². The topological polar surface area (TPSA) is 76.0 Å². The van der Waals surface area contributed by atoms with Crippen LogP contribution in [0.2, 0.25) is 0 Å². The second-order valence-electron chi connectivity index (χ2n) is 3.99. The number of nitrogens with zero attached hydrogens (tertiary/aromatic N) is 3. The fourth-order valence-corrected chi connectivity index (χ4v) is 2.46. The Balaban J connectivity index is 1.92. The quantitative estimate of drug-likeness (QED) is 0.796. The smallest absolute Gasteiger partial charge is 0.335 e. The average molecular weight is 283 g/mol. The van der Waals surface area contributed by atoms with E-state index in [1.165, 1.54) is 30.1 Å². The minimum Gasteiger partial charge on any atom is -0.478 e. The van der Waals surface area contributed by atoms with E-state index >= 15 is 0 Å². The van der Waals surface area contributed by atoms with E-state index in [0.717, 1.165) is 11.0 Å². The van der Waals surface area contributed by atoms with Crippen molar-refractivity contribution in [2.45, 2.75) is 10.1 Å². The average Bonchev–Trinajstić information content (AvgIpc) is 2.47. The monoisotopic (exact) mass is 283 g/mol. The van der Waals surface area contributed by atoms with Crippen LogP contribution < -0.4 is 0 Å². The number of carbonyl (C=O) groups is 1. The first kappa shape index (κ1) is 12.6. The molecule has 6 heteroatoms. The van der Waals surface area contributed by atoms with Crippen LogP contribution in [0.15, 0.2) is 58.8 Å². The summed E-state index contributed by atoms with van der Waals surface area (Å²) in [5.74, 6) is -0.973. The highest BCUT2D eigenvalue weighted by atomic mass is 32.2. The van der Waals surface area contributed by atoms with Crippen LogP contribution in [0, 0.1) is 0 Å². The van der Waals surface area contributed by atoms with Gasteiger partial charge < -0.3 is 5.11 Å². The molecule has 1 N–H and O–H groups in total. The maximum absolute atomic E-state index is 10.9. The van der Waals surface area contributed by atoms with E-state index in [1.807, 2.05) is 24.3 Å². The number of hydrogen-bond donors (Lipinski definition) is 1. The van der Waals surface area contributed by atoms with E-state index in [2.05, 4.69) is 15.0 Å². The third-order valence-electron chi connectivity index (χ3n) is 2.62. The lowest BCUT2D eigenvalue weighted by molar-refractivity contribution is 0.0696. The van der Waals surface area contributed by atoms with E-state index in [0.29, 0.717) is 10.1 Å². The maximum Gasteiger partial charge on any atom is 0.335 e. The van der Waals surface area contributed by atoms with Crippen LogP contribution in [-0.4, -0.2) is 26.0 Å². The van der Waals surface area contributed by atoms with Gasteiger partial charge in [0.15, 0.2) is 0 Å². The Morgan fingerprint density at radius 2 is 1.85 bits per heavy atom. The van der Waals surface area contributed by atoms with Crippen LogP contribution in [0.4, 0.5) is 0 Å². The third-order valence-corrected chi connectivity index (χ3v) is 3.46. The van der Waals surface area contributed by atoms with Crippen LogP contribution in [0.3, 0.4) is 0 Å². The molecule has 3 rings (SSSR count). The minimum atomic E-state index is -0.973. The van der Waals surface area contributed by atoms with Gasteiger partial charge in [-0.1, -0.05) is 12.1 Å². The zero-order valence-electron chi connectivity index (χ0n) is 10.2. The summed E-state index contributed by atoms with van der Waals surface area (Å²) in [6.45, 7) is 0. The zero-order valence-corrected chi connectivity index (χ0v) is 11.0. The number of pyridine rings is 1. The summed E-state index contributed by atoms with van der Waals surface area (Å²) < 4.78 is 0. The number of para-hydroxylation sites is 2. The fourth-order valence-electron chi connectivity index (χ4n) is 1.69. The molecule has 0 saturated heterocycles. The Morgan fingerprint density at radius 1 is 1.05 bits per heavy atom. The van der Waals surface area contributed by atoms with Crippen molar-refractivity contribution >= 4 is 28.8 Å². The molecule has 0 bridgehead atoms. The number of carboxylic acid groups (broad SMARTS) is 1. The van der Waals surface area contributed by atoms with Gasteiger partial charge in [0.05, 0.1) is 22.8 Å². The van der Waals surface area contributed by atoms with E-state index < -0.39 is 5.97 Å². The molecule has 2 aromatic heterocycles. The molecule has 0 unspecified atom stereocenters. The number of hydrogen-bond acceptors (Lipinski definition) is 5. The van der Waals surface area contributed by atoms with Crippen molar-refractivity contribution in [3.63, 3.8) is 0 Å². The van der Waals surface area contributed by atoms with Crippen LogP contribution in [0.1, 0.15) is 10.4 Å². The van der Waals surface area contributed by atoms with Crippen LogP contribution >= 0.6 is 11.8 Å². The lowest BCUT2D eigenvalue weighted by atomic mass is 10.3. The van der Waals surface area contributed by atoms with Gasteiger partial charge in [0.1, 0.15) is 10.1 Å². The highest BCUT2D eigenvalue weighted by Gasteiger charge is 2.07. The predicted molar refractivity (Wildman–Crippen MR) is 74.9 cm³/mol. The fraction of sp³-hybridized carbons (Fsp3) is 0. The Morgan fingerprint density at radius 3 is 2.65 bits per heavy atom. The molecule has 98 valence electrons. The molecule has 0 aliphatic carbocycles. The summed E-state index contributed by atoms with van der Waals surface area (Å²) in [5.41, 5.74) is 1.83. The van der Waals surface area contributed by atoms with Gasteiger partial charge in [-0.2, -0.15) is 0 Å². The van der Waals surface area contributed by atoms with Crippen molar-refractivity contribution in [2.24, 2.45) is 0 Å². The molecule has 0 aliphatic rings. The highest BCUT2D eigenvalue weighted by molar-refractivity contribution is 7.99. The van der Waals surface area contributed by atoms with Gasteiger partial charge >= 0.3 is 5.97 Å². The van der Waals surface area contributed by atoms with Crippen molar-refractivity contribution in [3.05, 3.63) is 54.4 Å². The van der Waals surface area contributed by atoms with Crippen molar-refractivity contribution in [3.8, 4) is 0 Å². The number of rotatable bonds is 3. The van der Waals surface area contributed by atoms with Crippen molar-refractivity contribution in [1.29, 1.82) is 0 Å². The van der Waals surface area contributed by atoms with Gasteiger partial charge in [-0.15, -0.1) is 0 Å². The molecule has 0 atom stereocenters. The van der Waals surface area contributed by atoms with Crippen LogP contribution in [-0.2, 0) is 0 Å². The molecule has 5 nitrogen and oxygen atoms in total. The van der Waals surface area contributed by atoms with E-state index in [9.17, 15) is 4.79 Å². The Labute approximate surface area is 118 Å². The molecule has 20 heavy (non-hydrogen) atoms. The first-order chi connectivity index (χ1) is 9.72. The van der Waals surface area contributed by atoms with Crippen LogP contribution in [0.5, 0.6) is 0 Å². The van der Waals surface area contributed by atoms with Crippen molar-refractivity contribution < 1.29 is 9.90 Å². The predicted octanol–water partition coefficient (Wildman–Crippen LogP) is 2.87. The molecular formula is C14H9N3O2S. The maximum atomic E-state index is 10.9. The van der Waals surface area contributed by atoms with Gasteiger partial charge in [-0.3, -0.25) is 4.98 Å². The normalized spacial score (nSPS) is 10.6. The number of carboxylic acids is 1. The van der Waals surface area contributed by atoms with Gasteiger partial charge in [-0.05, 0) is 36.0 Å². The van der Waals surface area contributed by atoms with Gasteiger partial charge in [-0.25, -0.2) is 14.8 Å². The summed E-state index contributed by atoms with van der Waals surface area (Å²) in [6, 6.07) is 10.5. The van der Waals surface area contributed by atoms with Gasteiger partial charge in [0, 0.05) is 6.20 Å². The van der Waals surface area contributed by atoms with Crippen molar-refractivity contribution in [1.82, 2.24) is 15.0 Å². The summed E-state index contributed by atoms with van der Waals surface area (Å²) >= 11 is 1.29. The molecule has 2 heterocycles. The number of aromatic carboxylic acids is 1. The van der Waals surface area contributed by atoms with E-state index in [-0.39, 0.29) is 5.56 Å². The molecule has 3 aromatic rings. The number of benzene rings is 1. The largest absolute Gasteiger partial charge is 0.478 e. The lowest BCUT2D eigenvalue weighted by Gasteiger charge is -2.02. The SMILES string of the molecule is O=C(O)c1ccnc(Sc2cnc3ccccc3n2)c1.